The predicted octanol–water partition coefficient (Wildman–Crippen LogP) is 1.82. The highest BCUT2D eigenvalue weighted by molar-refractivity contribution is 6.29. The third kappa shape index (κ3) is 2.12. The highest BCUT2D eigenvalue weighted by Gasteiger charge is 2.50. The summed E-state index contributed by atoms with van der Waals surface area (Å²) in [6.45, 7) is -1.10. The number of hydrogen-bond acceptors (Lipinski definition) is 6. The molecule has 4 heterocycles. The number of ether oxygens (including phenoxy) is 1. The van der Waals surface area contributed by atoms with Crippen LogP contribution < -0.4 is 0 Å². The van der Waals surface area contributed by atoms with E-state index in [1.165, 1.54) is 17.2 Å². The Kier molecular flexibility index (Phi) is 2.71. The molecule has 0 N–H and O–H groups in total. The summed E-state index contributed by atoms with van der Waals surface area (Å²) in [4.78, 5) is 18.3. The van der Waals surface area contributed by atoms with Gasteiger partial charge in [-0.2, -0.15) is 0 Å². The van der Waals surface area contributed by atoms with Crippen molar-refractivity contribution in [2.24, 2.45) is 0 Å². The molecule has 4 rings (SSSR count). The smallest absolute Gasteiger partial charge is 0.314 e. The molecular formula is C14H15ClN4O3. The second kappa shape index (κ2) is 5.10. The van der Waals surface area contributed by atoms with Gasteiger partial charge in [0.1, 0.15) is 11.4 Å². The van der Waals surface area contributed by atoms with Gasteiger partial charge in [-0.15, -0.1) is 0 Å². The van der Waals surface area contributed by atoms with Crippen molar-refractivity contribution in [3.63, 3.8) is 0 Å². The van der Waals surface area contributed by atoms with Gasteiger partial charge in [0.15, 0.2) is 11.9 Å². The Morgan fingerprint density at radius 1 is 1.50 bits per heavy atom. The van der Waals surface area contributed by atoms with Crippen molar-refractivity contribution >= 4 is 11.6 Å². The number of hydrogen-bond donors (Lipinski definition) is 0. The molecule has 0 radical (unpaired) electrons. The zero-order valence-electron chi connectivity index (χ0n) is 13.6. The third-order valence-electron chi connectivity index (χ3n) is 4.16. The largest absolute Gasteiger partial charge is 0.347 e. The fourth-order valence-corrected chi connectivity index (χ4v) is 3.35. The van der Waals surface area contributed by atoms with E-state index in [4.69, 9.17) is 19.1 Å². The number of rotatable bonds is 3. The van der Waals surface area contributed by atoms with Gasteiger partial charge in [0, 0.05) is 25.8 Å². The molecule has 0 saturated carbocycles. The number of nitro groups is 1. The lowest BCUT2D eigenvalue weighted by Crippen LogP contribution is -2.41. The lowest BCUT2D eigenvalue weighted by molar-refractivity contribution is -0.443. The van der Waals surface area contributed by atoms with Gasteiger partial charge in [-0.3, -0.25) is 10.1 Å². The molecular weight excluding hydrogens is 308 g/mol. The van der Waals surface area contributed by atoms with Crippen molar-refractivity contribution < 1.29 is 12.4 Å². The van der Waals surface area contributed by atoms with E-state index in [0.29, 0.717) is 37.3 Å². The molecule has 0 aromatic carbocycles. The zero-order valence-corrected chi connectivity index (χ0v) is 12.4. The minimum Gasteiger partial charge on any atom is -0.347 e. The van der Waals surface area contributed by atoms with Crippen LogP contribution in [-0.2, 0) is 11.2 Å². The minimum atomic E-state index is -1.93. The molecule has 0 aliphatic carbocycles. The van der Waals surface area contributed by atoms with Crippen molar-refractivity contribution in [1.82, 2.24) is 14.8 Å². The van der Waals surface area contributed by atoms with Gasteiger partial charge in [-0.1, -0.05) is 17.7 Å². The molecule has 0 unspecified atom stereocenters. The Balaban J connectivity index is 1.79. The molecule has 1 aromatic heterocycles. The Morgan fingerprint density at radius 2 is 2.36 bits per heavy atom. The summed E-state index contributed by atoms with van der Waals surface area (Å²) in [7, 11) is 0. The molecule has 0 amide bonds. The first kappa shape index (κ1) is 11.7. The lowest BCUT2D eigenvalue weighted by atomic mass is 10.2. The Hall–Kier alpha value is -1.86. The van der Waals surface area contributed by atoms with Crippen molar-refractivity contribution in [3.8, 4) is 0 Å². The summed E-state index contributed by atoms with van der Waals surface area (Å²) in [5.74, 6) is 0.332. The van der Waals surface area contributed by atoms with Crippen LogP contribution in [0.25, 0.3) is 0 Å². The lowest BCUT2D eigenvalue weighted by Gasteiger charge is -2.32. The number of halogens is 1. The fourth-order valence-electron chi connectivity index (χ4n) is 3.24. The fraction of sp³-hybridized carbons (Fsp3) is 0.500. The summed E-state index contributed by atoms with van der Waals surface area (Å²) >= 11 is 5.77. The van der Waals surface area contributed by atoms with Crippen molar-refractivity contribution in [2.75, 3.05) is 13.1 Å². The first-order chi connectivity index (χ1) is 11.4. The summed E-state index contributed by atoms with van der Waals surface area (Å²) in [5, 5.41) is 11.9. The van der Waals surface area contributed by atoms with E-state index >= 15 is 0 Å². The quantitative estimate of drug-likeness (QED) is 0.479. The van der Waals surface area contributed by atoms with Gasteiger partial charge in [-0.05, 0) is 24.5 Å². The van der Waals surface area contributed by atoms with E-state index in [9.17, 15) is 10.1 Å². The second-order valence-electron chi connectivity index (χ2n) is 5.45. The molecule has 2 saturated heterocycles. The average Bonchev–Trinajstić information content (AvgIpc) is 3.14. The molecule has 2 fully saturated rings. The maximum atomic E-state index is 11.6. The van der Waals surface area contributed by atoms with Gasteiger partial charge in [0.2, 0.25) is 0 Å². The van der Waals surface area contributed by atoms with E-state index < -0.39 is 17.5 Å². The van der Waals surface area contributed by atoms with Gasteiger partial charge >= 0.3 is 5.70 Å². The monoisotopic (exact) mass is 326 g/mol. The van der Waals surface area contributed by atoms with Gasteiger partial charge < -0.3 is 14.5 Å². The third-order valence-corrected chi connectivity index (χ3v) is 4.38. The highest BCUT2D eigenvalue weighted by Crippen LogP contribution is 2.41. The number of aromatic nitrogens is 1. The summed E-state index contributed by atoms with van der Waals surface area (Å²) in [6, 6.07) is 3.07. The highest BCUT2D eigenvalue weighted by atomic mass is 35.5. The van der Waals surface area contributed by atoms with Crippen LogP contribution in [0.2, 0.25) is 5.15 Å². The SMILES string of the molecule is [3H]C([3H])(c1ccc(Cl)nc1)N1CCN2C1=C([N+](=O)[O-])[C@H]1CC[C@@H]2O1. The molecule has 8 heteroatoms. The van der Waals surface area contributed by atoms with Gasteiger partial charge in [0.25, 0.3) is 0 Å². The van der Waals surface area contributed by atoms with Gasteiger partial charge in [-0.25, -0.2) is 4.98 Å². The van der Waals surface area contributed by atoms with Crippen LogP contribution in [0.5, 0.6) is 0 Å². The molecule has 0 spiro atoms. The van der Waals surface area contributed by atoms with Crippen LogP contribution in [0.3, 0.4) is 0 Å². The van der Waals surface area contributed by atoms with Crippen molar-refractivity contribution in [2.45, 2.75) is 31.7 Å². The Bertz CT molecular complexity index is 727. The maximum absolute atomic E-state index is 11.6. The van der Waals surface area contributed by atoms with Crippen LogP contribution in [0.4, 0.5) is 0 Å². The Labute approximate surface area is 135 Å². The van der Waals surface area contributed by atoms with Crippen LogP contribution in [-0.4, -0.2) is 45.1 Å². The topological polar surface area (TPSA) is 71.7 Å². The molecule has 3 aliphatic heterocycles. The van der Waals surface area contributed by atoms with E-state index in [0.717, 1.165) is 0 Å². The predicted molar refractivity (Wildman–Crippen MR) is 78.3 cm³/mol. The van der Waals surface area contributed by atoms with Crippen LogP contribution in [0, 0.1) is 10.1 Å². The van der Waals surface area contributed by atoms with Gasteiger partial charge in [0.05, 0.1) is 7.66 Å². The molecule has 3 aliphatic rings. The number of fused-ring (bicyclic) bond motifs is 4. The molecule has 22 heavy (non-hydrogen) atoms. The second-order valence-corrected chi connectivity index (χ2v) is 5.84. The zero-order chi connectivity index (χ0) is 17.1. The summed E-state index contributed by atoms with van der Waals surface area (Å²) < 4.78 is 22.8. The average molecular weight is 327 g/mol. The van der Waals surface area contributed by atoms with Crippen LogP contribution in [0.15, 0.2) is 29.8 Å². The van der Waals surface area contributed by atoms with Crippen molar-refractivity contribution in [1.29, 1.82) is 0 Å². The molecule has 2 atom stereocenters. The minimum absolute atomic E-state index is 0.0490. The standard InChI is InChI=1S/C14H15ClN4O3/c15-11-3-1-9(7-16-11)8-17-5-6-18-12-4-2-10(22-12)13(14(17)18)19(20)21/h1,3,7,10,12H,2,4-6,8H2/t10-,12+/m1/s1/i8T2. The van der Waals surface area contributed by atoms with E-state index in [1.54, 1.807) is 6.07 Å². The van der Waals surface area contributed by atoms with Crippen LogP contribution in [0.1, 0.15) is 21.1 Å². The first-order valence-corrected chi connectivity index (χ1v) is 7.47. The summed E-state index contributed by atoms with van der Waals surface area (Å²) in [6.07, 6.45) is 1.88. The molecule has 2 bridgehead atoms. The molecule has 1 aromatic rings. The van der Waals surface area contributed by atoms with Crippen LogP contribution >= 0.6 is 11.6 Å². The number of nitrogens with zero attached hydrogens (tertiary/aromatic N) is 4. The van der Waals surface area contributed by atoms with E-state index in [-0.39, 0.29) is 17.1 Å². The number of pyridine rings is 1. The normalized spacial score (nSPS) is 28.6. The maximum Gasteiger partial charge on any atom is 0.314 e. The van der Waals surface area contributed by atoms with Crippen molar-refractivity contribution in [3.05, 3.63) is 50.7 Å². The first-order valence-electron chi connectivity index (χ1n) is 8.10. The molecule has 7 nitrogen and oxygen atoms in total. The van der Waals surface area contributed by atoms with E-state index in [1.807, 2.05) is 4.90 Å². The van der Waals surface area contributed by atoms with E-state index in [2.05, 4.69) is 4.98 Å². The summed E-state index contributed by atoms with van der Waals surface area (Å²) in [5.41, 5.74) is 0.259. The molecule has 116 valence electrons. The Morgan fingerprint density at radius 3 is 3.09 bits per heavy atom.